The van der Waals surface area contributed by atoms with Crippen molar-refractivity contribution in [3.8, 4) is 17.4 Å². The van der Waals surface area contributed by atoms with Gasteiger partial charge in [-0.05, 0) is 43.7 Å². The van der Waals surface area contributed by atoms with Crippen LogP contribution in [0.5, 0.6) is 17.4 Å². The number of ether oxygens (including phenoxy) is 2. The molecule has 3 aromatic heterocycles. The Bertz CT molecular complexity index is 1210. The summed E-state index contributed by atoms with van der Waals surface area (Å²) in [7, 11) is 0. The molecule has 4 rings (SSSR count). The zero-order valence-electron chi connectivity index (χ0n) is 19.1. The Hall–Kier alpha value is -3.41. The third-order valence-corrected chi connectivity index (χ3v) is 4.72. The van der Waals surface area contributed by atoms with Crippen molar-refractivity contribution in [2.75, 3.05) is 13.2 Å². The Morgan fingerprint density at radius 3 is 2.56 bits per heavy atom. The minimum atomic E-state index is 0. The molecule has 0 aliphatic carbocycles. The first-order valence-electron chi connectivity index (χ1n) is 10.9. The Kier molecular flexibility index (Phi) is 9.44. The number of hydrogen-bond donors (Lipinski definition) is 2. The monoisotopic (exact) mass is 573 g/mol. The lowest BCUT2D eigenvalue weighted by Gasteiger charge is -2.11. The fourth-order valence-electron chi connectivity index (χ4n) is 3.17. The van der Waals surface area contributed by atoms with E-state index in [4.69, 9.17) is 9.47 Å². The number of nitrogens with zero attached hydrogens (tertiary/aromatic N) is 5. The van der Waals surface area contributed by atoms with Crippen molar-refractivity contribution in [2.24, 2.45) is 4.99 Å². The topological polar surface area (TPSA) is 98.0 Å². The van der Waals surface area contributed by atoms with E-state index >= 15 is 0 Å². The molecule has 0 unspecified atom stereocenters. The van der Waals surface area contributed by atoms with Gasteiger partial charge in [-0.1, -0.05) is 24.3 Å². The van der Waals surface area contributed by atoms with Gasteiger partial charge in [0, 0.05) is 25.0 Å². The fourth-order valence-corrected chi connectivity index (χ4v) is 3.17. The van der Waals surface area contributed by atoms with Gasteiger partial charge in [0.1, 0.15) is 0 Å². The molecule has 0 aliphatic heterocycles. The van der Waals surface area contributed by atoms with E-state index in [1.165, 1.54) is 0 Å². The molecular formula is C24H28IN7O2. The molecule has 34 heavy (non-hydrogen) atoms. The number of aromatic nitrogens is 4. The Labute approximate surface area is 215 Å². The molecule has 4 aromatic rings. The predicted molar refractivity (Wildman–Crippen MR) is 142 cm³/mol. The van der Waals surface area contributed by atoms with E-state index in [0.29, 0.717) is 43.0 Å². The molecule has 0 fully saturated rings. The maximum atomic E-state index is 5.88. The SMILES string of the molecule is CCNC(=NCc1ccc(Oc2ccccc2OCC)nc1)NCc1nnc2ccccn12.I. The minimum absolute atomic E-state index is 0. The van der Waals surface area contributed by atoms with Crippen LogP contribution in [-0.2, 0) is 13.1 Å². The lowest BCUT2D eigenvalue weighted by Crippen LogP contribution is -2.37. The van der Waals surface area contributed by atoms with Crippen LogP contribution in [0.15, 0.2) is 72.0 Å². The van der Waals surface area contributed by atoms with Crippen LogP contribution in [0.25, 0.3) is 5.65 Å². The molecule has 0 atom stereocenters. The molecule has 9 nitrogen and oxygen atoms in total. The summed E-state index contributed by atoms with van der Waals surface area (Å²) in [6, 6.07) is 17.1. The standard InChI is InChI=1S/C24H27N7O2.HI/c1-3-25-24(28-17-22-30-29-21-11-7-8-14-31(21)22)27-16-18-12-13-23(26-15-18)33-20-10-6-5-9-19(20)32-4-2;/h5-15H,3-4,16-17H2,1-2H3,(H2,25,27,28);1H. The van der Waals surface area contributed by atoms with Crippen molar-refractivity contribution < 1.29 is 9.47 Å². The van der Waals surface area contributed by atoms with Crippen LogP contribution in [0.1, 0.15) is 25.2 Å². The molecule has 0 spiro atoms. The van der Waals surface area contributed by atoms with Crippen LogP contribution < -0.4 is 20.1 Å². The van der Waals surface area contributed by atoms with Gasteiger partial charge in [0.2, 0.25) is 5.88 Å². The zero-order valence-corrected chi connectivity index (χ0v) is 21.5. The summed E-state index contributed by atoms with van der Waals surface area (Å²) in [6.07, 6.45) is 3.70. The van der Waals surface area contributed by atoms with Crippen LogP contribution in [0.3, 0.4) is 0 Å². The summed E-state index contributed by atoms with van der Waals surface area (Å²) in [5.74, 6) is 3.33. The lowest BCUT2D eigenvalue weighted by molar-refractivity contribution is 0.319. The Morgan fingerprint density at radius 2 is 1.79 bits per heavy atom. The largest absolute Gasteiger partial charge is 0.490 e. The molecule has 0 saturated heterocycles. The van der Waals surface area contributed by atoms with Gasteiger partial charge in [-0.2, -0.15) is 0 Å². The summed E-state index contributed by atoms with van der Waals surface area (Å²) in [4.78, 5) is 9.06. The van der Waals surface area contributed by atoms with Gasteiger partial charge in [0.25, 0.3) is 0 Å². The van der Waals surface area contributed by atoms with E-state index in [-0.39, 0.29) is 24.0 Å². The summed E-state index contributed by atoms with van der Waals surface area (Å²) in [5, 5.41) is 15.0. The molecule has 0 radical (unpaired) electrons. The summed E-state index contributed by atoms with van der Waals surface area (Å²) in [6.45, 7) is 6.25. The average Bonchev–Trinajstić information content (AvgIpc) is 3.26. The van der Waals surface area contributed by atoms with E-state index < -0.39 is 0 Å². The minimum Gasteiger partial charge on any atom is -0.490 e. The van der Waals surface area contributed by atoms with Gasteiger partial charge >= 0.3 is 0 Å². The van der Waals surface area contributed by atoms with Gasteiger partial charge in [-0.3, -0.25) is 4.40 Å². The third kappa shape index (κ3) is 6.56. The number of aliphatic imine (C=N–C) groups is 1. The summed E-state index contributed by atoms with van der Waals surface area (Å²) < 4.78 is 13.4. The number of pyridine rings is 2. The molecule has 1 aromatic carbocycles. The zero-order chi connectivity index (χ0) is 22.9. The smallest absolute Gasteiger partial charge is 0.219 e. The number of guanidine groups is 1. The number of para-hydroxylation sites is 2. The molecule has 0 amide bonds. The summed E-state index contributed by atoms with van der Waals surface area (Å²) >= 11 is 0. The van der Waals surface area contributed by atoms with Crippen molar-refractivity contribution in [1.29, 1.82) is 0 Å². The second-order valence-corrected chi connectivity index (χ2v) is 7.08. The molecule has 0 aliphatic rings. The fraction of sp³-hybridized carbons (Fsp3) is 0.250. The first kappa shape index (κ1) is 25.2. The highest BCUT2D eigenvalue weighted by Gasteiger charge is 2.07. The van der Waals surface area contributed by atoms with Crippen LogP contribution >= 0.6 is 24.0 Å². The molecule has 0 bridgehead atoms. The normalized spacial score (nSPS) is 11.1. The Morgan fingerprint density at radius 1 is 0.971 bits per heavy atom. The molecule has 10 heteroatoms. The van der Waals surface area contributed by atoms with Crippen molar-refractivity contribution in [1.82, 2.24) is 30.2 Å². The number of hydrogen-bond acceptors (Lipinski definition) is 6. The van der Waals surface area contributed by atoms with E-state index in [9.17, 15) is 0 Å². The number of benzene rings is 1. The molecular weight excluding hydrogens is 545 g/mol. The van der Waals surface area contributed by atoms with Crippen LogP contribution in [0, 0.1) is 0 Å². The average molecular weight is 573 g/mol. The van der Waals surface area contributed by atoms with E-state index in [1.54, 1.807) is 6.20 Å². The Balaban J connectivity index is 0.00000324. The van der Waals surface area contributed by atoms with Crippen LogP contribution in [0.4, 0.5) is 0 Å². The van der Waals surface area contributed by atoms with Crippen molar-refractivity contribution in [2.45, 2.75) is 26.9 Å². The highest BCUT2D eigenvalue weighted by molar-refractivity contribution is 14.0. The highest BCUT2D eigenvalue weighted by Crippen LogP contribution is 2.30. The van der Waals surface area contributed by atoms with E-state index in [0.717, 1.165) is 23.6 Å². The van der Waals surface area contributed by atoms with Crippen molar-refractivity contribution in [3.63, 3.8) is 0 Å². The first-order valence-corrected chi connectivity index (χ1v) is 10.9. The van der Waals surface area contributed by atoms with E-state index in [1.807, 2.05) is 79.0 Å². The predicted octanol–water partition coefficient (Wildman–Crippen LogP) is 4.19. The molecule has 2 N–H and O–H groups in total. The lowest BCUT2D eigenvalue weighted by atomic mass is 10.3. The van der Waals surface area contributed by atoms with Gasteiger partial charge in [0.15, 0.2) is 28.9 Å². The quantitative estimate of drug-likeness (QED) is 0.176. The van der Waals surface area contributed by atoms with Gasteiger partial charge in [0.05, 0.1) is 19.7 Å². The van der Waals surface area contributed by atoms with Crippen LogP contribution in [0.2, 0.25) is 0 Å². The number of rotatable bonds is 9. The number of nitrogens with one attached hydrogen (secondary N) is 2. The summed E-state index contributed by atoms with van der Waals surface area (Å²) in [5.41, 5.74) is 1.78. The molecule has 3 heterocycles. The highest BCUT2D eigenvalue weighted by atomic mass is 127. The second-order valence-electron chi connectivity index (χ2n) is 7.08. The first-order chi connectivity index (χ1) is 16.3. The second kappa shape index (κ2) is 12.7. The number of halogens is 1. The van der Waals surface area contributed by atoms with Gasteiger partial charge in [-0.25, -0.2) is 9.98 Å². The van der Waals surface area contributed by atoms with Crippen molar-refractivity contribution >= 4 is 35.6 Å². The van der Waals surface area contributed by atoms with Crippen molar-refractivity contribution in [3.05, 3.63) is 78.4 Å². The van der Waals surface area contributed by atoms with Gasteiger partial charge < -0.3 is 20.1 Å². The maximum Gasteiger partial charge on any atom is 0.219 e. The molecule has 178 valence electrons. The molecule has 0 saturated carbocycles. The van der Waals surface area contributed by atoms with E-state index in [2.05, 4.69) is 30.8 Å². The third-order valence-electron chi connectivity index (χ3n) is 4.72. The maximum absolute atomic E-state index is 5.88. The van der Waals surface area contributed by atoms with Crippen LogP contribution in [-0.4, -0.2) is 38.7 Å². The van der Waals surface area contributed by atoms with Gasteiger partial charge in [-0.15, -0.1) is 34.2 Å². The number of fused-ring (bicyclic) bond motifs is 1.